The summed E-state index contributed by atoms with van der Waals surface area (Å²) in [5, 5.41) is 0.634. The topological polar surface area (TPSA) is 67.3 Å². The molecule has 170 valence electrons. The lowest BCUT2D eigenvalue weighted by atomic mass is 10.2. The van der Waals surface area contributed by atoms with Gasteiger partial charge in [-0.3, -0.25) is 9.69 Å². The van der Waals surface area contributed by atoms with Crippen LogP contribution in [-0.2, 0) is 21.2 Å². The van der Waals surface area contributed by atoms with Crippen molar-refractivity contribution >= 4 is 42.4 Å². The van der Waals surface area contributed by atoms with Crippen molar-refractivity contribution in [1.82, 2.24) is 4.98 Å². The molecule has 3 aromatic carbocycles. The van der Waals surface area contributed by atoms with Gasteiger partial charge in [-0.1, -0.05) is 71.5 Å². The Bertz CT molecular complexity index is 1360. The maximum atomic E-state index is 13.3. The first-order chi connectivity index (χ1) is 15.8. The van der Waals surface area contributed by atoms with Crippen LogP contribution in [0.3, 0.4) is 0 Å². The minimum absolute atomic E-state index is 0.0695. The maximum absolute atomic E-state index is 13.3. The first-order valence-electron chi connectivity index (χ1n) is 10.8. The van der Waals surface area contributed by atoms with Gasteiger partial charge in [0.15, 0.2) is 15.0 Å². The lowest BCUT2D eigenvalue weighted by molar-refractivity contribution is -0.118. The predicted octanol–water partition coefficient (Wildman–Crippen LogP) is 5.70. The molecule has 0 saturated carbocycles. The van der Waals surface area contributed by atoms with Crippen molar-refractivity contribution in [1.29, 1.82) is 0 Å². The number of rotatable bonds is 8. The van der Waals surface area contributed by atoms with Crippen LogP contribution in [-0.4, -0.2) is 25.1 Å². The van der Waals surface area contributed by atoms with E-state index in [0.717, 1.165) is 26.9 Å². The van der Waals surface area contributed by atoms with Gasteiger partial charge in [-0.05, 0) is 49.6 Å². The largest absolute Gasteiger partial charge is 0.284 e. The van der Waals surface area contributed by atoms with Crippen molar-refractivity contribution in [2.24, 2.45) is 0 Å². The van der Waals surface area contributed by atoms with E-state index in [-0.39, 0.29) is 24.5 Å². The molecular formula is C26H26N2O3S2. The fourth-order valence-electron chi connectivity index (χ4n) is 3.63. The number of anilines is 1. The van der Waals surface area contributed by atoms with Crippen LogP contribution in [0.2, 0.25) is 0 Å². The number of aromatic nitrogens is 1. The van der Waals surface area contributed by atoms with Gasteiger partial charge in [-0.15, -0.1) is 0 Å². The number of fused-ring (bicyclic) bond motifs is 1. The third kappa shape index (κ3) is 5.49. The van der Waals surface area contributed by atoms with Crippen molar-refractivity contribution < 1.29 is 13.2 Å². The van der Waals surface area contributed by atoms with Crippen LogP contribution in [0.1, 0.15) is 29.5 Å². The average molecular weight is 479 g/mol. The second-order valence-electron chi connectivity index (χ2n) is 8.12. The summed E-state index contributed by atoms with van der Waals surface area (Å²) in [6, 6.07) is 22.6. The predicted molar refractivity (Wildman–Crippen MR) is 134 cm³/mol. The number of carbonyl (C=O) groups is 1. The summed E-state index contributed by atoms with van der Waals surface area (Å²) in [7, 11) is -3.43. The number of thiazole rings is 1. The van der Waals surface area contributed by atoms with Gasteiger partial charge in [0.25, 0.3) is 0 Å². The van der Waals surface area contributed by atoms with E-state index in [1.807, 2.05) is 62.4 Å². The third-order valence-corrected chi connectivity index (χ3v) is 8.37. The fourth-order valence-corrected chi connectivity index (χ4v) is 6.00. The van der Waals surface area contributed by atoms with Crippen molar-refractivity contribution in [3.8, 4) is 0 Å². The van der Waals surface area contributed by atoms with Crippen molar-refractivity contribution in [3.05, 3.63) is 89.5 Å². The summed E-state index contributed by atoms with van der Waals surface area (Å²) in [5.74, 6) is -0.199. The van der Waals surface area contributed by atoms with E-state index in [4.69, 9.17) is 4.98 Å². The van der Waals surface area contributed by atoms with Gasteiger partial charge >= 0.3 is 0 Å². The number of nitrogens with zero attached hydrogens (tertiary/aromatic N) is 2. The Labute approximate surface area is 198 Å². The Kier molecular flexibility index (Phi) is 6.91. The summed E-state index contributed by atoms with van der Waals surface area (Å²) in [6.07, 6.45) is 0.386. The standard InChI is InChI=1S/C26H26N2O3S2/c1-19-13-15-22(16-14-19)33(30,31)17-7-12-24(29)28(18-21-9-4-3-5-10-21)26-27-25-20(2)8-6-11-23(25)32-26/h3-6,8-11,13-16H,7,12,17-18H2,1-2H3. The number of carbonyl (C=O) groups excluding carboxylic acids is 1. The molecule has 0 spiro atoms. The number of hydrogen-bond donors (Lipinski definition) is 0. The SMILES string of the molecule is Cc1ccc(S(=O)(=O)CCCC(=O)N(Cc2ccccc2)c2nc3c(C)cccc3s2)cc1. The molecule has 0 aliphatic rings. The highest BCUT2D eigenvalue weighted by Gasteiger charge is 2.22. The molecule has 0 aliphatic carbocycles. The summed E-state index contributed by atoms with van der Waals surface area (Å²) >= 11 is 1.48. The molecule has 1 amide bonds. The molecule has 1 heterocycles. The second kappa shape index (κ2) is 9.85. The molecule has 1 aromatic heterocycles. The van der Waals surface area contributed by atoms with Crippen LogP contribution in [0.15, 0.2) is 77.7 Å². The maximum Gasteiger partial charge on any atom is 0.229 e. The van der Waals surface area contributed by atoms with E-state index in [1.54, 1.807) is 29.2 Å². The first kappa shape index (κ1) is 23.1. The van der Waals surface area contributed by atoms with E-state index >= 15 is 0 Å². The van der Waals surface area contributed by atoms with Crippen LogP contribution < -0.4 is 4.90 Å². The molecule has 0 unspecified atom stereocenters. The molecule has 4 aromatic rings. The molecule has 7 heteroatoms. The number of sulfone groups is 1. The highest BCUT2D eigenvalue weighted by Crippen LogP contribution is 2.32. The number of benzene rings is 3. The molecule has 0 bridgehead atoms. The summed E-state index contributed by atoms with van der Waals surface area (Å²) in [5.41, 5.74) is 3.96. The monoisotopic (exact) mass is 478 g/mol. The summed E-state index contributed by atoms with van der Waals surface area (Å²) in [4.78, 5) is 20.0. The smallest absolute Gasteiger partial charge is 0.229 e. The Morgan fingerprint density at radius 2 is 1.67 bits per heavy atom. The van der Waals surface area contributed by atoms with Gasteiger partial charge in [0.2, 0.25) is 5.91 Å². The zero-order valence-electron chi connectivity index (χ0n) is 18.7. The van der Waals surface area contributed by atoms with Crippen LogP contribution in [0.5, 0.6) is 0 Å². The van der Waals surface area contributed by atoms with Crippen LogP contribution >= 0.6 is 11.3 Å². The molecule has 5 nitrogen and oxygen atoms in total. The highest BCUT2D eigenvalue weighted by molar-refractivity contribution is 7.91. The van der Waals surface area contributed by atoms with Crippen molar-refractivity contribution in [3.63, 3.8) is 0 Å². The van der Waals surface area contributed by atoms with Gasteiger partial charge in [0.05, 0.1) is 27.4 Å². The number of amides is 1. The average Bonchev–Trinajstić information content (AvgIpc) is 3.23. The van der Waals surface area contributed by atoms with Gasteiger partial charge in [0.1, 0.15) is 0 Å². The van der Waals surface area contributed by atoms with Crippen LogP contribution in [0.4, 0.5) is 5.13 Å². The van der Waals surface area contributed by atoms with Gasteiger partial charge in [-0.25, -0.2) is 13.4 Å². The number of hydrogen-bond acceptors (Lipinski definition) is 5. The van der Waals surface area contributed by atoms with Crippen molar-refractivity contribution in [2.45, 2.75) is 38.1 Å². The second-order valence-corrected chi connectivity index (χ2v) is 11.2. The zero-order chi connectivity index (χ0) is 23.4. The lowest BCUT2D eigenvalue weighted by Gasteiger charge is -2.20. The van der Waals surface area contributed by atoms with E-state index in [2.05, 4.69) is 0 Å². The van der Waals surface area contributed by atoms with Crippen LogP contribution in [0, 0.1) is 13.8 Å². The highest BCUT2D eigenvalue weighted by atomic mass is 32.2. The van der Waals surface area contributed by atoms with E-state index < -0.39 is 9.84 Å². The van der Waals surface area contributed by atoms with Gasteiger partial charge in [-0.2, -0.15) is 0 Å². The van der Waals surface area contributed by atoms with Gasteiger partial charge in [0, 0.05) is 6.42 Å². The first-order valence-corrected chi connectivity index (χ1v) is 13.3. The fraction of sp³-hybridized carbons (Fsp3) is 0.231. The quantitative estimate of drug-likeness (QED) is 0.326. The molecule has 0 N–H and O–H groups in total. The zero-order valence-corrected chi connectivity index (χ0v) is 20.3. The number of para-hydroxylation sites is 1. The normalized spacial score (nSPS) is 11.6. The third-order valence-electron chi connectivity index (χ3n) is 5.51. The minimum Gasteiger partial charge on any atom is -0.284 e. The lowest BCUT2D eigenvalue weighted by Crippen LogP contribution is -2.30. The van der Waals surface area contributed by atoms with E-state index in [9.17, 15) is 13.2 Å². The molecule has 0 fully saturated rings. The Morgan fingerprint density at radius 1 is 0.939 bits per heavy atom. The Hall–Kier alpha value is -3.03. The van der Waals surface area contributed by atoms with E-state index in [0.29, 0.717) is 16.6 Å². The van der Waals surface area contributed by atoms with Crippen molar-refractivity contribution in [2.75, 3.05) is 10.7 Å². The minimum atomic E-state index is -3.43. The molecule has 33 heavy (non-hydrogen) atoms. The molecule has 0 radical (unpaired) electrons. The molecular weight excluding hydrogens is 452 g/mol. The summed E-state index contributed by atoms with van der Waals surface area (Å²) in [6.45, 7) is 4.31. The molecule has 0 aliphatic heterocycles. The van der Waals surface area contributed by atoms with E-state index in [1.165, 1.54) is 11.3 Å². The Balaban J connectivity index is 1.53. The van der Waals surface area contributed by atoms with Gasteiger partial charge < -0.3 is 0 Å². The molecule has 4 rings (SSSR count). The molecule has 0 saturated heterocycles. The molecule has 0 atom stereocenters. The van der Waals surface area contributed by atoms with Crippen LogP contribution in [0.25, 0.3) is 10.2 Å². The Morgan fingerprint density at radius 3 is 2.36 bits per heavy atom. The summed E-state index contributed by atoms with van der Waals surface area (Å²) < 4.78 is 26.4. The number of aryl methyl sites for hydroxylation is 2.